The first-order valence-electron chi connectivity index (χ1n) is 3.00. The maximum absolute atomic E-state index is 8.12. The van der Waals surface area contributed by atoms with Gasteiger partial charge >= 0.3 is 0 Å². The van der Waals surface area contributed by atoms with Gasteiger partial charge in [0.25, 0.3) is 0 Å². The second kappa shape index (κ2) is 5.26. The molecular weight excluding hydrogens is 152 g/mol. The van der Waals surface area contributed by atoms with E-state index >= 15 is 0 Å². The Morgan fingerprint density at radius 3 is 3.00 bits per heavy atom. The van der Waals surface area contributed by atoms with E-state index in [0.717, 1.165) is 25.1 Å². The molecule has 0 saturated carbocycles. The van der Waals surface area contributed by atoms with Gasteiger partial charge in [-0.25, -0.2) is 0 Å². The van der Waals surface area contributed by atoms with E-state index in [9.17, 15) is 0 Å². The summed E-state index contributed by atoms with van der Waals surface area (Å²) in [5, 5.41) is 14.2. The predicted molar refractivity (Wildman–Crippen MR) is 43.1 cm³/mol. The van der Waals surface area contributed by atoms with Crippen LogP contribution >= 0.6 is 12.4 Å². The van der Waals surface area contributed by atoms with Crippen LogP contribution in [0, 0.1) is 0 Å². The summed E-state index contributed by atoms with van der Waals surface area (Å²) >= 11 is 0. The maximum Gasteiger partial charge on any atom is 0.0703 e. The van der Waals surface area contributed by atoms with Crippen molar-refractivity contribution < 1.29 is 5.21 Å². The zero-order chi connectivity index (χ0) is 6.53. The first-order valence-corrected chi connectivity index (χ1v) is 3.00. The molecule has 1 aliphatic heterocycles. The van der Waals surface area contributed by atoms with Crippen molar-refractivity contribution >= 4 is 18.6 Å². The molecule has 0 fully saturated rings. The van der Waals surface area contributed by atoms with Gasteiger partial charge in [0.1, 0.15) is 0 Å². The molecule has 3 nitrogen and oxygen atoms in total. The lowest BCUT2D eigenvalue weighted by Gasteiger charge is -2.08. The molecule has 0 aliphatic carbocycles. The van der Waals surface area contributed by atoms with Crippen molar-refractivity contribution in [1.29, 1.82) is 0 Å². The highest BCUT2D eigenvalue weighted by atomic mass is 35.5. The molecule has 10 heavy (non-hydrogen) atoms. The number of halogens is 1. The lowest BCUT2D eigenvalue weighted by molar-refractivity contribution is 0.321. The molecule has 0 atom stereocenters. The average molecular weight is 163 g/mol. The Hall–Kier alpha value is -0.540. The minimum Gasteiger partial charge on any atom is -0.411 e. The van der Waals surface area contributed by atoms with Crippen LogP contribution in [0.1, 0.15) is 6.42 Å². The van der Waals surface area contributed by atoms with Gasteiger partial charge in [-0.1, -0.05) is 11.2 Å². The second-order valence-corrected chi connectivity index (χ2v) is 1.99. The molecule has 0 aromatic heterocycles. The third-order valence-electron chi connectivity index (χ3n) is 1.28. The van der Waals surface area contributed by atoms with Crippen molar-refractivity contribution in [3.63, 3.8) is 0 Å². The van der Waals surface area contributed by atoms with Crippen molar-refractivity contribution in [3.8, 4) is 0 Å². The molecule has 0 bridgehead atoms. The molecule has 0 amide bonds. The highest BCUT2D eigenvalue weighted by Crippen LogP contribution is 1.96. The third-order valence-corrected chi connectivity index (χ3v) is 1.28. The largest absolute Gasteiger partial charge is 0.411 e. The molecule has 0 aromatic carbocycles. The van der Waals surface area contributed by atoms with E-state index in [1.54, 1.807) is 0 Å². The SMILES string of the molecule is Cl.O/N=C/C1=CCCNC1. The Labute approximate surface area is 66.2 Å². The van der Waals surface area contributed by atoms with Crippen LogP contribution in [-0.2, 0) is 0 Å². The summed E-state index contributed by atoms with van der Waals surface area (Å²) in [6, 6.07) is 0. The number of nitrogens with one attached hydrogen (secondary N) is 1. The first-order chi connectivity index (χ1) is 4.43. The van der Waals surface area contributed by atoms with E-state index in [1.165, 1.54) is 6.21 Å². The van der Waals surface area contributed by atoms with E-state index in [0.29, 0.717) is 0 Å². The predicted octanol–water partition coefficient (Wildman–Crippen LogP) is 0.788. The summed E-state index contributed by atoms with van der Waals surface area (Å²) in [5.41, 5.74) is 1.06. The van der Waals surface area contributed by atoms with Gasteiger partial charge in [-0.2, -0.15) is 0 Å². The van der Waals surface area contributed by atoms with Crippen molar-refractivity contribution in [2.24, 2.45) is 5.16 Å². The van der Waals surface area contributed by atoms with Crippen LogP contribution < -0.4 is 5.32 Å². The molecule has 0 radical (unpaired) electrons. The van der Waals surface area contributed by atoms with Crippen molar-refractivity contribution in [3.05, 3.63) is 11.6 Å². The Morgan fingerprint density at radius 2 is 2.50 bits per heavy atom. The van der Waals surface area contributed by atoms with Crippen LogP contribution in [-0.4, -0.2) is 24.5 Å². The molecule has 58 valence electrons. The van der Waals surface area contributed by atoms with E-state index in [-0.39, 0.29) is 12.4 Å². The van der Waals surface area contributed by atoms with Gasteiger partial charge in [0.2, 0.25) is 0 Å². The fourth-order valence-corrected chi connectivity index (χ4v) is 0.837. The molecule has 2 N–H and O–H groups in total. The summed E-state index contributed by atoms with van der Waals surface area (Å²) in [6.45, 7) is 1.85. The molecule has 0 saturated heterocycles. The molecular formula is C6H11ClN2O. The topological polar surface area (TPSA) is 44.6 Å². The minimum absolute atomic E-state index is 0. The Kier molecular flexibility index (Phi) is 4.98. The first kappa shape index (κ1) is 9.46. The quantitative estimate of drug-likeness (QED) is 0.340. The number of hydrogen-bond acceptors (Lipinski definition) is 3. The Morgan fingerprint density at radius 1 is 1.70 bits per heavy atom. The molecule has 1 heterocycles. The van der Waals surface area contributed by atoms with Crippen LogP contribution in [0.4, 0.5) is 0 Å². The van der Waals surface area contributed by atoms with Crippen LogP contribution in [0.5, 0.6) is 0 Å². The van der Waals surface area contributed by atoms with E-state index < -0.39 is 0 Å². The van der Waals surface area contributed by atoms with Crippen molar-refractivity contribution in [2.45, 2.75) is 6.42 Å². The normalized spacial score (nSPS) is 18.2. The van der Waals surface area contributed by atoms with Crippen molar-refractivity contribution in [1.82, 2.24) is 5.32 Å². The summed E-state index contributed by atoms with van der Waals surface area (Å²) in [7, 11) is 0. The van der Waals surface area contributed by atoms with Crippen molar-refractivity contribution in [2.75, 3.05) is 13.1 Å². The average Bonchev–Trinajstić information content (AvgIpc) is 1.91. The molecule has 1 aliphatic rings. The van der Waals surface area contributed by atoms with Gasteiger partial charge in [-0.05, 0) is 18.5 Å². The van der Waals surface area contributed by atoms with Gasteiger partial charge in [0, 0.05) is 6.54 Å². The summed E-state index contributed by atoms with van der Waals surface area (Å²) < 4.78 is 0. The van der Waals surface area contributed by atoms with Gasteiger partial charge in [0.15, 0.2) is 0 Å². The molecule has 0 unspecified atom stereocenters. The van der Waals surface area contributed by atoms with E-state index in [2.05, 4.69) is 16.5 Å². The number of nitrogens with zero attached hydrogens (tertiary/aromatic N) is 1. The standard InChI is InChI=1S/C6H10N2O.ClH/c9-8-5-6-2-1-3-7-4-6;/h2,5,7,9H,1,3-4H2;1H/b8-5+;. The summed E-state index contributed by atoms with van der Waals surface area (Å²) in [5.74, 6) is 0. The molecule has 4 heteroatoms. The van der Waals surface area contributed by atoms with E-state index in [1.807, 2.05) is 0 Å². The number of rotatable bonds is 1. The zero-order valence-electron chi connectivity index (χ0n) is 5.58. The minimum atomic E-state index is 0. The maximum atomic E-state index is 8.12. The fourth-order valence-electron chi connectivity index (χ4n) is 0.837. The summed E-state index contributed by atoms with van der Waals surface area (Å²) in [6.07, 6.45) is 4.56. The number of hydrogen-bond donors (Lipinski definition) is 2. The highest BCUT2D eigenvalue weighted by Gasteiger charge is 1.97. The van der Waals surface area contributed by atoms with Crippen LogP contribution in [0.15, 0.2) is 16.8 Å². The van der Waals surface area contributed by atoms with Gasteiger partial charge in [-0.15, -0.1) is 12.4 Å². The van der Waals surface area contributed by atoms with E-state index in [4.69, 9.17) is 5.21 Å². The monoisotopic (exact) mass is 162 g/mol. The second-order valence-electron chi connectivity index (χ2n) is 1.99. The molecule has 0 aromatic rings. The molecule has 0 spiro atoms. The molecule has 1 rings (SSSR count). The van der Waals surface area contributed by atoms with Crippen LogP contribution in [0.2, 0.25) is 0 Å². The third kappa shape index (κ3) is 2.85. The Balaban J connectivity index is 0.000000810. The van der Waals surface area contributed by atoms with Crippen LogP contribution in [0.25, 0.3) is 0 Å². The number of oxime groups is 1. The lowest BCUT2D eigenvalue weighted by Crippen LogP contribution is -2.22. The Bertz CT molecular complexity index is 145. The fraction of sp³-hybridized carbons (Fsp3) is 0.500. The zero-order valence-corrected chi connectivity index (χ0v) is 6.40. The highest BCUT2D eigenvalue weighted by molar-refractivity contribution is 5.85. The van der Waals surface area contributed by atoms with Gasteiger partial charge < -0.3 is 10.5 Å². The summed E-state index contributed by atoms with van der Waals surface area (Å²) in [4.78, 5) is 0. The van der Waals surface area contributed by atoms with Crippen LogP contribution in [0.3, 0.4) is 0 Å². The van der Waals surface area contributed by atoms with Gasteiger partial charge in [-0.3, -0.25) is 0 Å². The van der Waals surface area contributed by atoms with Gasteiger partial charge in [0.05, 0.1) is 6.21 Å². The smallest absolute Gasteiger partial charge is 0.0703 e. The lowest BCUT2D eigenvalue weighted by atomic mass is 10.2.